The Hall–Kier alpha value is -0.740. The fraction of sp³-hybridized carbons (Fsp3) is 0.667. The molecular formula is C18H30BrNO2. The van der Waals surface area contributed by atoms with Crippen LogP contribution >= 0.6 is 15.9 Å². The van der Waals surface area contributed by atoms with Crippen LogP contribution in [0.1, 0.15) is 53.5 Å². The second-order valence-corrected chi connectivity index (χ2v) is 8.37. The number of benzene rings is 1. The second kappa shape index (κ2) is 7.69. The van der Waals surface area contributed by atoms with Crippen LogP contribution in [0.3, 0.4) is 0 Å². The first-order valence-corrected chi connectivity index (χ1v) is 8.61. The van der Waals surface area contributed by atoms with E-state index in [0.29, 0.717) is 12.0 Å². The Morgan fingerprint density at radius 2 is 1.77 bits per heavy atom. The Labute approximate surface area is 143 Å². The van der Waals surface area contributed by atoms with Crippen LogP contribution in [-0.4, -0.2) is 19.3 Å². The second-order valence-electron chi connectivity index (χ2n) is 7.52. The van der Waals surface area contributed by atoms with Crippen molar-refractivity contribution in [1.82, 2.24) is 5.32 Å². The number of hydrogen-bond acceptors (Lipinski definition) is 3. The van der Waals surface area contributed by atoms with E-state index in [1.165, 1.54) is 5.56 Å². The fourth-order valence-electron chi connectivity index (χ4n) is 2.89. The standard InChI is InChI=1S/C18H30BrNO2/c1-8-22-16-14(19)9-13(10-15(16)21-7)11-20-18(5,6)12-17(2,3)4/h9-10,20H,8,11-12H2,1-7H3. The highest BCUT2D eigenvalue weighted by Crippen LogP contribution is 2.37. The number of nitrogens with one attached hydrogen (secondary N) is 1. The van der Waals surface area contributed by atoms with Gasteiger partial charge in [0.05, 0.1) is 18.2 Å². The maximum Gasteiger partial charge on any atom is 0.175 e. The zero-order valence-electron chi connectivity index (χ0n) is 15.0. The van der Waals surface area contributed by atoms with Crippen LogP contribution in [-0.2, 0) is 6.54 Å². The fourth-order valence-corrected chi connectivity index (χ4v) is 3.49. The van der Waals surface area contributed by atoms with Gasteiger partial charge in [0.25, 0.3) is 0 Å². The Kier molecular flexibility index (Phi) is 6.75. The Morgan fingerprint density at radius 1 is 1.14 bits per heavy atom. The van der Waals surface area contributed by atoms with E-state index in [4.69, 9.17) is 9.47 Å². The summed E-state index contributed by atoms with van der Waals surface area (Å²) in [5.41, 5.74) is 1.55. The number of halogens is 1. The van der Waals surface area contributed by atoms with Crippen molar-refractivity contribution >= 4 is 15.9 Å². The number of ether oxygens (including phenoxy) is 2. The summed E-state index contributed by atoms with van der Waals surface area (Å²) in [6.45, 7) is 14.7. The summed E-state index contributed by atoms with van der Waals surface area (Å²) in [5, 5.41) is 3.64. The molecule has 0 amide bonds. The molecule has 0 atom stereocenters. The first-order chi connectivity index (χ1) is 10.1. The molecule has 0 spiro atoms. The summed E-state index contributed by atoms with van der Waals surface area (Å²) >= 11 is 3.58. The molecule has 0 aliphatic heterocycles. The van der Waals surface area contributed by atoms with Crippen molar-refractivity contribution in [2.75, 3.05) is 13.7 Å². The monoisotopic (exact) mass is 371 g/mol. The third-order valence-corrected chi connectivity index (χ3v) is 3.91. The summed E-state index contributed by atoms with van der Waals surface area (Å²) in [4.78, 5) is 0. The minimum atomic E-state index is 0.0799. The normalized spacial score (nSPS) is 12.4. The first-order valence-electron chi connectivity index (χ1n) is 7.82. The molecule has 1 rings (SSSR count). The lowest BCUT2D eigenvalue weighted by atomic mass is 9.82. The average Bonchev–Trinajstić information content (AvgIpc) is 2.36. The topological polar surface area (TPSA) is 30.5 Å². The van der Waals surface area contributed by atoms with Crippen LogP contribution in [0.25, 0.3) is 0 Å². The van der Waals surface area contributed by atoms with Crippen molar-refractivity contribution < 1.29 is 9.47 Å². The molecule has 0 bridgehead atoms. The van der Waals surface area contributed by atoms with Crippen molar-refractivity contribution in [3.05, 3.63) is 22.2 Å². The van der Waals surface area contributed by atoms with Crippen molar-refractivity contribution in [2.45, 2.75) is 60.0 Å². The van der Waals surface area contributed by atoms with Gasteiger partial charge in [-0.15, -0.1) is 0 Å². The lowest BCUT2D eigenvalue weighted by molar-refractivity contribution is 0.240. The Bertz CT molecular complexity index is 493. The van der Waals surface area contributed by atoms with Crippen LogP contribution in [0, 0.1) is 5.41 Å². The van der Waals surface area contributed by atoms with Gasteiger partial charge >= 0.3 is 0 Å². The third kappa shape index (κ3) is 6.17. The van der Waals surface area contributed by atoms with Crippen LogP contribution in [0.15, 0.2) is 16.6 Å². The molecule has 1 aromatic rings. The molecule has 1 N–H and O–H groups in total. The summed E-state index contributed by atoms with van der Waals surface area (Å²) in [6.07, 6.45) is 1.11. The molecular weight excluding hydrogens is 342 g/mol. The molecule has 126 valence electrons. The summed E-state index contributed by atoms with van der Waals surface area (Å²) in [7, 11) is 1.67. The van der Waals surface area contributed by atoms with Gasteiger partial charge in [-0.05, 0) is 66.2 Å². The third-order valence-electron chi connectivity index (χ3n) is 3.32. The average molecular weight is 372 g/mol. The predicted octanol–water partition coefficient (Wildman–Crippen LogP) is 5.16. The minimum Gasteiger partial charge on any atom is -0.493 e. The van der Waals surface area contributed by atoms with E-state index in [1.807, 2.05) is 13.0 Å². The van der Waals surface area contributed by atoms with E-state index in [2.05, 4.69) is 61.9 Å². The van der Waals surface area contributed by atoms with E-state index < -0.39 is 0 Å². The van der Waals surface area contributed by atoms with Gasteiger partial charge in [-0.1, -0.05) is 20.8 Å². The summed E-state index contributed by atoms with van der Waals surface area (Å²) in [6, 6.07) is 4.13. The molecule has 0 saturated heterocycles. The highest BCUT2D eigenvalue weighted by Gasteiger charge is 2.25. The SMILES string of the molecule is CCOc1c(Br)cc(CNC(C)(C)CC(C)(C)C)cc1OC. The molecule has 4 heteroatoms. The van der Waals surface area contributed by atoms with Gasteiger partial charge in [-0.2, -0.15) is 0 Å². The summed E-state index contributed by atoms with van der Waals surface area (Å²) < 4.78 is 12.0. The first kappa shape index (κ1) is 19.3. The van der Waals surface area contributed by atoms with Gasteiger partial charge in [0.15, 0.2) is 11.5 Å². The molecule has 0 heterocycles. The smallest absolute Gasteiger partial charge is 0.175 e. The minimum absolute atomic E-state index is 0.0799. The van der Waals surface area contributed by atoms with Crippen molar-refractivity contribution in [1.29, 1.82) is 0 Å². The van der Waals surface area contributed by atoms with Gasteiger partial charge in [-0.3, -0.25) is 0 Å². The maximum absolute atomic E-state index is 5.63. The van der Waals surface area contributed by atoms with Crippen LogP contribution < -0.4 is 14.8 Å². The maximum atomic E-state index is 5.63. The zero-order chi connectivity index (χ0) is 17.0. The van der Waals surface area contributed by atoms with Gasteiger partial charge in [-0.25, -0.2) is 0 Å². The van der Waals surface area contributed by atoms with Gasteiger partial charge in [0.2, 0.25) is 0 Å². The molecule has 0 fully saturated rings. The van der Waals surface area contributed by atoms with Crippen LogP contribution in [0.4, 0.5) is 0 Å². The molecule has 1 aromatic carbocycles. The van der Waals surface area contributed by atoms with Crippen molar-refractivity contribution in [3.63, 3.8) is 0 Å². The molecule has 22 heavy (non-hydrogen) atoms. The Morgan fingerprint density at radius 3 is 2.27 bits per heavy atom. The van der Waals surface area contributed by atoms with Gasteiger partial charge in [0.1, 0.15) is 0 Å². The number of hydrogen-bond donors (Lipinski definition) is 1. The highest BCUT2D eigenvalue weighted by atomic mass is 79.9. The van der Waals surface area contributed by atoms with E-state index in [-0.39, 0.29) is 5.54 Å². The van der Waals surface area contributed by atoms with Crippen LogP contribution in [0.2, 0.25) is 0 Å². The lowest BCUT2D eigenvalue weighted by Crippen LogP contribution is -2.41. The van der Waals surface area contributed by atoms with Gasteiger partial charge in [0, 0.05) is 12.1 Å². The molecule has 0 aromatic heterocycles. The Balaban J connectivity index is 2.84. The molecule has 0 radical (unpaired) electrons. The quantitative estimate of drug-likeness (QED) is 0.717. The predicted molar refractivity (Wildman–Crippen MR) is 96.9 cm³/mol. The molecule has 0 aliphatic rings. The molecule has 0 saturated carbocycles. The lowest BCUT2D eigenvalue weighted by Gasteiger charge is -2.33. The van der Waals surface area contributed by atoms with E-state index in [1.54, 1.807) is 7.11 Å². The van der Waals surface area contributed by atoms with Crippen LogP contribution in [0.5, 0.6) is 11.5 Å². The van der Waals surface area contributed by atoms with Crippen molar-refractivity contribution in [3.8, 4) is 11.5 Å². The summed E-state index contributed by atoms with van der Waals surface area (Å²) in [5.74, 6) is 1.53. The molecule has 3 nitrogen and oxygen atoms in total. The van der Waals surface area contributed by atoms with Gasteiger partial charge < -0.3 is 14.8 Å². The van der Waals surface area contributed by atoms with E-state index in [9.17, 15) is 0 Å². The number of methoxy groups -OCH3 is 1. The molecule has 0 unspecified atom stereocenters. The zero-order valence-corrected chi connectivity index (χ0v) is 16.6. The number of rotatable bonds is 7. The van der Waals surface area contributed by atoms with E-state index >= 15 is 0 Å². The molecule has 0 aliphatic carbocycles. The van der Waals surface area contributed by atoms with Crippen molar-refractivity contribution in [2.24, 2.45) is 5.41 Å². The largest absolute Gasteiger partial charge is 0.493 e. The highest BCUT2D eigenvalue weighted by molar-refractivity contribution is 9.10. The van der Waals surface area contributed by atoms with E-state index in [0.717, 1.165) is 28.9 Å².